The van der Waals surface area contributed by atoms with Gasteiger partial charge < -0.3 is 25.5 Å². The maximum absolute atomic E-state index is 12.7. The van der Waals surface area contributed by atoms with Crippen molar-refractivity contribution in [3.8, 4) is 5.75 Å². The lowest BCUT2D eigenvalue weighted by atomic mass is 9.96. The number of halogens is 1. The maximum Gasteiger partial charge on any atom is 0.317 e. The minimum atomic E-state index is -0.216. The lowest BCUT2D eigenvalue weighted by Crippen LogP contribution is -2.51. The van der Waals surface area contributed by atoms with E-state index in [0.29, 0.717) is 36.6 Å². The molecule has 170 valence electrons. The highest BCUT2D eigenvalue weighted by Crippen LogP contribution is 2.28. The lowest BCUT2D eigenvalue weighted by Gasteiger charge is -2.35. The van der Waals surface area contributed by atoms with Crippen LogP contribution in [0.3, 0.4) is 0 Å². The molecule has 32 heavy (non-hydrogen) atoms. The fourth-order valence-corrected chi connectivity index (χ4v) is 4.30. The first-order valence-electron chi connectivity index (χ1n) is 10.9. The molecule has 1 aromatic carbocycles. The van der Waals surface area contributed by atoms with Gasteiger partial charge in [0.15, 0.2) is 0 Å². The number of hydrogen-bond donors (Lipinski definition) is 3. The van der Waals surface area contributed by atoms with Gasteiger partial charge in [0, 0.05) is 55.6 Å². The molecule has 2 aromatic rings. The van der Waals surface area contributed by atoms with Crippen molar-refractivity contribution in [3.63, 3.8) is 0 Å². The zero-order chi connectivity index (χ0) is 22.5. The molecule has 0 saturated carbocycles. The third kappa shape index (κ3) is 5.40. The summed E-state index contributed by atoms with van der Waals surface area (Å²) < 4.78 is 0. The van der Waals surface area contributed by atoms with E-state index in [2.05, 4.69) is 25.5 Å². The summed E-state index contributed by atoms with van der Waals surface area (Å²) in [6.07, 6.45) is 6.29. The Morgan fingerprint density at radius 3 is 2.41 bits per heavy atom. The second-order valence-electron chi connectivity index (χ2n) is 8.17. The molecule has 2 saturated heterocycles. The average Bonchev–Trinajstić information content (AvgIpc) is 2.82. The Morgan fingerprint density at radius 2 is 1.72 bits per heavy atom. The number of anilines is 2. The van der Waals surface area contributed by atoms with Gasteiger partial charge in [0.05, 0.1) is 5.69 Å². The molecule has 3 heterocycles. The molecular formula is C22H27ClN6O3. The molecule has 0 aliphatic carbocycles. The van der Waals surface area contributed by atoms with Gasteiger partial charge in [-0.15, -0.1) is 0 Å². The first-order valence-corrected chi connectivity index (χ1v) is 11.2. The molecule has 2 aliphatic rings. The predicted octanol–water partition coefficient (Wildman–Crippen LogP) is 2.86. The van der Waals surface area contributed by atoms with Crippen LogP contribution in [0, 0.1) is 5.92 Å². The minimum Gasteiger partial charge on any atom is -0.506 e. The van der Waals surface area contributed by atoms with Crippen LogP contribution in [-0.2, 0) is 4.79 Å². The quantitative estimate of drug-likeness (QED) is 0.607. The van der Waals surface area contributed by atoms with Gasteiger partial charge in [-0.3, -0.25) is 4.79 Å². The standard InChI is InChI=1S/C22H27ClN6O3/c23-16-2-3-19(30)18(14-16)27-20(31)15-4-10-29(11-5-15)22(32)26-17-6-12-28(13-7-17)21-24-8-1-9-25-21/h1-3,8-9,14-15,17,30H,4-7,10-13H2,(H,26,32)(H,27,31). The molecule has 3 amide bonds. The normalized spacial score (nSPS) is 17.8. The number of hydrogen-bond acceptors (Lipinski definition) is 6. The molecule has 0 bridgehead atoms. The van der Waals surface area contributed by atoms with Crippen LogP contribution in [0.2, 0.25) is 5.02 Å². The molecular weight excluding hydrogens is 432 g/mol. The summed E-state index contributed by atoms with van der Waals surface area (Å²) >= 11 is 5.94. The highest BCUT2D eigenvalue weighted by Gasteiger charge is 2.29. The second kappa shape index (κ2) is 10.0. The van der Waals surface area contributed by atoms with Crippen LogP contribution in [0.25, 0.3) is 0 Å². The molecule has 0 unspecified atom stereocenters. The van der Waals surface area contributed by atoms with Crippen LogP contribution < -0.4 is 15.5 Å². The molecule has 0 atom stereocenters. The lowest BCUT2D eigenvalue weighted by molar-refractivity contribution is -0.121. The van der Waals surface area contributed by atoms with Gasteiger partial charge in [0.1, 0.15) is 5.75 Å². The number of urea groups is 1. The number of phenolic OH excluding ortho intramolecular Hbond substituents is 1. The largest absolute Gasteiger partial charge is 0.506 e. The summed E-state index contributed by atoms with van der Waals surface area (Å²) in [6.45, 7) is 2.63. The molecule has 3 N–H and O–H groups in total. The summed E-state index contributed by atoms with van der Waals surface area (Å²) in [5, 5.41) is 16.2. The number of amides is 3. The van der Waals surface area contributed by atoms with E-state index in [9.17, 15) is 14.7 Å². The smallest absolute Gasteiger partial charge is 0.317 e. The van der Waals surface area contributed by atoms with Crippen LogP contribution >= 0.6 is 11.6 Å². The predicted molar refractivity (Wildman–Crippen MR) is 122 cm³/mol. The van der Waals surface area contributed by atoms with E-state index in [0.717, 1.165) is 31.9 Å². The average molecular weight is 459 g/mol. The Balaban J connectivity index is 1.21. The van der Waals surface area contributed by atoms with E-state index in [1.165, 1.54) is 12.1 Å². The number of benzene rings is 1. The Labute approximate surface area is 191 Å². The number of likely N-dealkylation sites (tertiary alicyclic amines) is 1. The number of carbonyl (C=O) groups excluding carboxylic acids is 2. The van der Waals surface area contributed by atoms with Crippen LogP contribution in [0.1, 0.15) is 25.7 Å². The van der Waals surface area contributed by atoms with Crippen molar-refractivity contribution in [3.05, 3.63) is 41.7 Å². The molecule has 2 fully saturated rings. The zero-order valence-electron chi connectivity index (χ0n) is 17.7. The monoisotopic (exact) mass is 458 g/mol. The van der Waals surface area contributed by atoms with Crippen molar-refractivity contribution in [2.75, 3.05) is 36.4 Å². The highest BCUT2D eigenvalue weighted by molar-refractivity contribution is 6.31. The molecule has 10 heteroatoms. The zero-order valence-corrected chi connectivity index (χ0v) is 18.5. The van der Waals surface area contributed by atoms with E-state index in [4.69, 9.17) is 11.6 Å². The molecule has 0 spiro atoms. The fraction of sp³-hybridized carbons (Fsp3) is 0.455. The molecule has 9 nitrogen and oxygen atoms in total. The minimum absolute atomic E-state index is 0.0237. The van der Waals surface area contributed by atoms with E-state index in [1.807, 2.05) is 0 Å². The first kappa shape index (κ1) is 22.1. The van der Waals surface area contributed by atoms with Gasteiger partial charge >= 0.3 is 6.03 Å². The van der Waals surface area contributed by atoms with Gasteiger partial charge in [0.2, 0.25) is 11.9 Å². The number of nitrogens with zero attached hydrogens (tertiary/aromatic N) is 4. The van der Waals surface area contributed by atoms with Crippen LogP contribution in [-0.4, -0.2) is 64.1 Å². The SMILES string of the molecule is O=C(Nc1cc(Cl)ccc1O)C1CCN(C(=O)NC2CCN(c3ncccn3)CC2)CC1. The second-order valence-corrected chi connectivity index (χ2v) is 8.61. The Bertz CT molecular complexity index is 944. The van der Waals surface area contributed by atoms with E-state index < -0.39 is 0 Å². The van der Waals surface area contributed by atoms with Crippen LogP contribution in [0.15, 0.2) is 36.7 Å². The summed E-state index contributed by atoms with van der Waals surface area (Å²) in [5.41, 5.74) is 0.301. The molecule has 0 radical (unpaired) electrons. The Kier molecular flexibility index (Phi) is 6.94. The summed E-state index contributed by atoms with van der Waals surface area (Å²) in [4.78, 5) is 37.7. The van der Waals surface area contributed by atoms with Crippen molar-refractivity contribution in [1.82, 2.24) is 20.2 Å². The molecule has 2 aliphatic heterocycles. The first-order chi connectivity index (χ1) is 15.5. The van der Waals surface area contributed by atoms with Crippen molar-refractivity contribution < 1.29 is 14.7 Å². The van der Waals surface area contributed by atoms with Gasteiger partial charge in [-0.1, -0.05) is 11.6 Å². The third-order valence-electron chi connectivity index (χ3n) is 6.03. The van der Waals surface area contributed by atoms with E-state index in [-0.39, 0.29) is 29.6 Å². The number of carbonyl (C=O) groups is 2. The van der Waals surface area contributed by atoms with E-state index >= 15 is 0 Å². The summed E-state index contributed by atoms with van der Waals surface area (Å²) in [6, 6.07) is 6.36. The van der Waals surface area contributed by atoms with Crippen LogP contribution in [0.4, 0.5) is 16.4 Å². The number of nitrogens with one attached hydrogen (secondary N) is 2. The molecule has 4 rings (SSSR count). The third-order valence-corrected chi connectivity index (χ3v) is 6.26. The van der Waals surface area contributed by atoms with Gasteiger partial charge in [-0.25, -0.2) is 14.8 Å². The topological polar surface area (TPSA) is 111 Å². The maximum atomic E-state index is 12.7. The van der Waals surface area contributed by atoms with Crippen molar-refractivity contribution in [2.45, 2.75) is 31.7 Å². The summed E-state index contributed by atoms with van der Waals surface area (Å²) in [7, 11) is 0. The highest BCUT2D eigenvalue weighted by atomic mass is 35.5. The number of aromatic hydroxyl groups is 1. The van der Waals surface area contributed by atoms with Crippen molar-refractivity contribution in [2.24, 2.45) is 5.92 Å². The van der Waals surface area contributed by atoms with Crippen molar-refractivity contribution in [1.29, 1.82) is 0 Å². The molecule has 1 aromatic heterocycles. The Morgan fingerprint density at radius 1 is 1.03 bits per heavy atom. The van der Waals surface area contributed by atoms with Crippen LogP contribution in [0.5, 0.6) is 5.75 Å². The van der Waals surface area contributed by atoms with Gasteiger partial charge in [0.25, 0.3) is 0 Å². The van der Waals surface area contributed by atoms with Crippen molar-refractivity contribution >= 4 is 35.2 Å². The number of rotatable bonds is 4. The van der Waals surface area contributed by atoms with Gasteiger partial charge in [-0.2, -0.15) is 0 Å². The Hall–Kier alpha value is -3.07. The number of aromatic nitrogens is 2. The fourth-order valence-electron chi connectivity index (χ4n) is 4.13. The number of phenols is 1. The summed E-state index contributed by atoms with van der Waals surface area (Å²) in [5.74, 6) is 0.317. The van der Waals surface area contributed by atoms with Gasteiger partial charge in [-0.05, 0) is 49.9 Å². The van der Waals surface area contributed by atoms with E-state index in [1.54, 1.807) is 29.4 Å². The number of piperidine rings is 2.